The minimum atomic E-state index is -0.538. The van der Waals surface area contributed by atoms with E-state index in [-0.39, 0.29) is 5.91 Å². The molecule has 0 saturated heterocycles. The average Bonchev–Trinajstić information content (AvgIpc) is 3.12. The summed E-state index contributed by atoms with van der Waals surface area (Å²) < 4.78 is 1.65. The first kappa shape index (κ1) is 19.5. The van der Waals surface area contributed by atoms with Crippen LogP contribution in [-0.4, -0.2) is 20.7 Å². The van der Waals surface area contributed by atoms with Gasteiger partial charge in [0.05, 0.1) is 5.57 Å². The first-order chi connectivity index (χ1) is 13.9. The Labute approximate surface area is 178 Å². The number of hydrogen-bond acceptors (Lipinski definition) is 4. The number of halogens is 2. The molecule has 0 fully saturated rings. The van der Waals surface area contributed by atoms with Crippen molar-refractivity contribution in [3.05, 3.63) is 80.7 Å². The molecule has 2 N–H and O–H groups in total. The van der Waals surface area contributed by atoms with E-state index >= 15 is 0 Å². The summed E-state index contributed by atoms with van der Waals surface area (Å²) in [6.07, 6.45) is 1.44. The van der Waals surface area contributed by atoms with Crippen molar-refractivity contribution < 1.29 is 4.79 Å². The maximum Gasteiger partial charge on any atom is 0.255 e. The monoisotopic (exact) mass is 427 g/mol. The van der Waals surface area contributed by atoms with E-state index in [4.69, 9.17) is 23.2 Å². The van der Waals surface area contributed by atoms with Crippen molar-refractivity contribution in [2.45, 2.75) is 26.8 Å². The van der Waals surface area contributed by atoms with Gasteiger partial charge in [0.25, 0.3) is 5.91 Å². The third-order valence-electron chi connectivity index (χ3n) is 5.15. The molecular formula is C21H19Cl2N5O. The van der Waals surface area contributed by atoms with Crippen LogP contribution < -0.4 is 10.6 Å². The van der Waals surface area contributed by atoms with Crippen LogP contribution in [0.1, 0.15) is 29.7 Å². The van der Waals surface area contributed by atoms with Crippen LogP contribution in [0.3, 0.4) is 0 Å². The molecule has 148 valence electrons. The number of allylic oxidation sites excluding steroid dienone is 1. The van der Waals surface area contributed by atoms with E-state index in [2.05, 4.69) is 20.7 Å². The number of nitrogens with zero attached hydrogens (tertiary/aromatic N) is 3. The van der Waals surface area contributed by atoms with Crippen molar-refractivity contribution in [3.63, 3.8) is 0 Å². The predicted molar refractivity (Wildman–Crippen MR) is 115 cm³/mol. The van der Waals surface area contributed by atoms with Gasteiger partial charge < -0.3 is 10.6 Å². The van der Waals surface area contributed by atoms with Gasteiger partial charge in [-0.25, -0.2) is 4.68 Å². The molecule has 2 aromatic carbocycles. The molecule has 8 heteroatoms. The van der Waals surface area contributed by atoms with Gasteiger partial charge in [-0.1, -0.05) is 41.4 Å². The first-order valence-corrected chi connectivity index (χ1v) is 9.82. The second-order valence-corrected chi connectivity index (χ2v) is 7.81. The van der Waals surface area contributed by atoms with Gasteiger partial charge in [0, 0.05) is 27.0 Å². The van der Waals surface area contributed by atoms with E-state index in [0.717, 1.165) is 22.4 Å². The molecule has 1 amide bonds. The van der Waals surface area contributed by atoms with Crippen LogP contribution in [0.4, 0.5) is 11.6 Å². The Morgan fingerprint density at radius 1 is 1.17 bits per heavy atom. The highest BCUT2D eigenvalue weighted by Crippen LogP contribution is 2.39. The second-order valence-electron chi connectivity index (χ2n) is 6.96. The third kappa shape index (κ3) is 3.50. The van der Waals surface area contributed by atoms with Crippen molar-refractivity contribution in [1.29, 1.82) is 0 Å². The average molecular weight is 428 g/mol. The summed E-state index contributed by atoms with van der Waals surface area (Å²) in [5.74, 6) is 0.308. The molecule has 1 atom stereocenters. The lowest BCUT2D eigenvalue weighted by Gasteiger charge is -2.29. The molecule has 29 heavy (non-hydrogen) atoms. The number of aryl methyl sites for hydroxylation is 1. The number of benzene rings is 2. The standard InChI is InChI=1S/C21H19Cl2N5O/c1-11-5-4-6-17(12(11)2)27-20(29)18-13(3)26-21-24-10-25-28(21)19(18)15-8-7-14(22)9-16(15)23/h4-10,19H,1-3H3,(H,27,29)(H,24,25,26). The van der Waals surface area contributed by atoms with E-state index in [1.165, 1.54) is 6.33 Å². The summed E-state index contributed by atoms with van der Waals surface area (Å²) in [4.78, 5) is 17.6. The summed E-state index contributed by atoms with van der Waals surface area (Å²) in [7, 11) is 0. The first-order valence-electron chi connectivity index (χ1n) is 9.06. The lowest BCUT2D eigenvalue weighted by molar-refractivity contribution is -0.113. The summed E-state index contributed by atoms with van der Waals surface area (Å²) in [6.45, 7) is 5.83. The second kappa shape index (κ2) is 7.54. The molecule has 6 nitrogen and oxygen atoms in total. The SMILES string of the molecule is CC1=C(C(=O)Nc2cccc(C)c2C)C(c2ccc(Cl)cc2Cl)n2ncnc2N1. The zero-order chi connectivity index (χ0) is 20.7. The Morgan fingerprint density at radius 3 is 2.72 bits per heavy atom. The van der Waals surface area contributed by atoms with Gasteiger partial charge >= 0.3 is 0 Å². The van der Waals surface area contributed by atoms with E-state index in [9.17, 15) is 4.79 Å². The van der Waals surface area contributed by atoms with E-state index in [0.29, 0.717) is 27.3 Å². The number of anilines is 2. The summed E-state index contributed by atoms with van der Waals surface area (Å²) in [5, 5.41) is 11.5. The number of rotatable bonds is 3. The number of aromatic nitrogens is 3. The fourth-order valence-corrected chi connectivity index (χ4v) is 3.98. The highest BCUT2D eigenvalue weighted by atomic mass is 35.5. The summed E-state index contributed by atoms with van der Waals surface area (Å²) in [6, 6.07) is 10.5. The molecule has 1 aromatic heterocycles. The van der Waals surface area contributed by atoms with Gasteiger partial charge in [0.2, 0.25) is 5.95 Å². The van der Waals surface area contributed by atoms with Crippen LogP contribution in [0.15, 0.2) is 54.0 Å². The van der Waals surface area contributed by atoms with Crippen molar-refractivity contribution in [3.8, 4) is 0 Å². The molecule has 0 spiro atoms. The van der Waals surface area contributed by atoms with Gasteiger partial charge in [-0.05, 0) is 50.1 Å². The summed E-state index contributed by atoms with van der Waals surface area (Å²) >= 11 is 12.6. The largest absolute Gasteiger partial charge is 0.328 e. The minimum Gasteiger partial charge on any atom is -0.328 e. The van der Waals surface area contributed by atoms with Gasteiger partial charge in [-0.2, -0.15) is 10.1 Å². The Kier molecular flexibility index (Phi) is 5.06. The molecule has 0 radical (unpaired) electrons. The molecule has 1 aliphatic rings. The lowest BCUT2D eigenvalue weighted by atomic mass is 9.94. The number of nitrogens with one attached hydrogen (secondary N) is 2. The summed E-state index contributed by atoms with van der Waals surface area (Å²) in [5.41, 5.74) is 4.80. The molecular weight excluding hydrogens is 409 g/mol. The Hall–Kier alpha value is -2.83. The van der Waals surface area contributed by atoms with Crippen LogP contribution in [0, 0.1) is 13.8 Å². The molecule has 0 saturated carbocycles. The molecule has 1 aliphatic heterocycles. The van der Waals surface area contributed by atoms with Crippen LogP contribution in [-0.2, 0) is 4.79 Å². The van der Waals surface area contributed by atoms with Crippen molar-refractivity contribution in [1.82, 2.24) is 14.8 Å². The van der Waals surface area contributed by atoms with Crippen LogP contribution in [0.2, 0.25) is 10.0 Å². The minimum absolute atomic E-state index is 0.235. The van der Waals surface area contributed by atoms with E-state index in [1.807, 2.05) is 45.0 Å². The molecule has 0 aliphatic carbocycles. The fourth-order valence-electron chi connectivity index (χ4n) is 3.47. The van der Waals surface area contributed by atoms with Gasteiger partial charge in [0.15, 0.2) is 0 Å². The smallest absolute Gasteiger partial charge is 0.255 e. The van der Waals surface area contributed by atoms with Crippen LogP contribution in [0.25, 0.3) is 0 Å². The Balaban J connectivity index is 1.81. The zero-order valence-electron chi connectivity index (χ0n) is 16.1. The highest BCUT2D eigenvalue weighted by Gasteiger charge is 2.34. The lowest BCUT2D eigenvalue weighted by Crippen LogP contribution is -2.31. The van der Waals surface area contributed by atoms with E-state index < -0.39 is 6.04 Å². The Morgan fingerprint density at radius 2 is 1.97 bits per heavy atom. The quantitative estimate of drug-likeness (QED) is 0.607. The van der Waals surface area contributed by atoms with Crippen molar-refractivity contribution in [2.75, 3.05) is 10.6 Å². The molecule has 1 unspecified atom stereocenters. The van der Waals surface area contributed by atoms with E-state index in [1.54, 1.807) is 16.8 Å². The van der Waals surface area contributed by atoms with Crippen LogP contribution in [0.5, 0.6) is 0 Å². The molecule has 3 aromatic rings. The third-order valence-corrected chi connectivity index (χ3v) is 5.71. The van der Waals surface area contributed by atoms with Gasteiger partial charge in [0.1, 0.15) is 12.4 Å². The topological polar surface area (TPSA) is 71.8 Å². The van der Waals surface area contributed by atoms with Gasteiger partial charge in [-0.15, -0.1) is 0 Å². The normalized spacial score (nSPS) is 15.7. The molecule has 0 bridgehead atoms. The van der Waals surface area contributed by atoms with Crippen LogP contribution >= 0.6 is 23.2 Å². The maximum atomic E-state index is 13.4. The zero-order valence-corrected chi connectivity index (χ0v) is 17.6. The fraction of sp³-hybridized carbons (Fsp3) is 0.190. The maximum absolute atomic E-state index is 13.4. The number of carbonyl (C=O) groups excluding carboxylic acids is 1. The highest BCUT2D eigenvalue weighted by molar-refractivity contribution is 6.35. The predicted octanol–water partition coefficient (Wildman–Crippen LogP) is 5.13. The number of amides is 1. The number of carbonyl (C=O) groups is 1. The van der Waals surface area contributed by atoms with Gasteiger partial charge in [-0.3, -0.25) is 4.79 Å². The van der Waals surface area contributed by atoms with Crippen molar-refractivity contribution >= 4 is 40.7 Å². The molecule has 4 rings (SSSR count). The number of hydrogen-bond donors (Lipinski definition) is 2. The Bertz CT molecular complexity index is 1150. The molecule has 2 heterocycles. The number of fused-ring (bicyclic) bond motifs is 1. The van der Waals surface area contributed by atoms with Crippen molar-refractivity contribution in [2.24, 2.45) is 0 Å².